The minimum absolute atomic E-state index is 0.302. The molecule has 1 aromatic heterocycles. The monoisotopic (exact) mass is 260 g/mol. The van der Waals surface area contributed by atoms with Gasteiger partial charge >= 0.3 is 5.97 Å². The normalized spacial score (nSPS) is 11.7. The number of nitrogens with zero attached hydrogens (tertiary/aromatic N) is 2. The fourth-order valence-corrected chi connectivity index (χ4v) is 2.47. The number of rotatable bonds is 4. The maximum Gasteiger partial charge on any atom is 0.335 e. The molecule has 0 amide bonds. The zero-order valence-corrected chi connectivity index (χ0v) is 11.8. The molecule has 4 heteroatoms. The summed E-state index contributed by atoms with van der Waals surface area (Å²) in [5, 5.41) is 10.2. The lowest BCUT2D eigenvalue weighted by molar-refractivity contribution is 0.0697. The Hall–Kier alpha value is -1.81. The molecule has 0 atom stereocenters. The summed E-state index contributed by atoms with van der Waals surface area (Å²) in [6.45, 7) is 5.08. The summed E-state index contributed by atoms with van der Waals surface area (Å²) in [5.41, 5.74) is 2.54. The van der Waals surface area contributed by atoms with Gasteiger partial charge in [0.2, 0.25) is 0 Å². The van der Waals surface area contributed by atoms with Crippen LogP contribution in [0.2, 0.25) is 0 Å². The van der Waals surface area contributed by atoms with Crippen LogP contribution in [-0.4, -0.2) is 34.6 Å². The second-order valence-electron chi connectivity index (χ2n) is 5.42. The third-order valence-corrected chi connectivity index (χ3v) is 3.16. The number of hydrogen-bond acceptors (Lipinski definition) is 2. The van der Waals surface area contributed by atoms with Crippen molar-refractivity contribution in [3.63, 3.8) is 0 Å². The fourth-order valence-electron chi connectivity index (χ4n) is 2.47. The zero-order valence-electron chi connectivity index (χ0n) is 11.8. The molecule has 0 saturated heterocycles. The number of benzene rings is 1. The van der Waals surface area contributed by atoms with E-state index in [9.17, 15) is 4.79 Å². The molecule has 0 aliphatic heterocycles. The standard InChI is InChI=1S/C15H20N2O2/c1-10(2)17-13(9-16(3)4)7-11-5-6-12(15(18)19)8-14(11)17/h5-8,10H,9H2,1-4H3,(H,18,19). The Labute approximate surface area is 113 Å². The van der Waals surface area contributed by atoms with E-state index >= 15 is 0 Å². The summed E-state index contributed by atoms with van der Waals surface area (Å²) in [6, 6.07) is 7.75. The van der Waals surface area contributed by atoms with Crippen LogP contribution in [0.4, 0.5) is 0 Å². The summed E-state index contributed by atoms with van der Waals surface area (Å²) < 4.78 is 2.21. The number of aromatic carboxylic acids is 1. The van der Waals surface area contributed by atoms with Crippen LogP contribution in [0.5, 0.6) is 0 Å². The molecule has 0 aliphatic carbocycles. The van der Waals surface area contributed by atoms with Crippen molar-refractivity contribution in [2.75, 3.05) is 14.1 Å². The van der Waals surface area contributed by atoms with Gasteiger partial charge in [-0.05, 0) is 51.5 Å². The SMILES string of the molecule is CC(C)n1c(CN(C)C)cc2ccc(C(=O)O)cc21. The lowest BCUT2D eigenvalue weighted by Crippen LogP contribution is -2.15. The van der Waals surface area contributed by atoms with E-state index in [-0.39, 0.29) is 0 Å². The van der Waals surface area contributed by atoms with Gasteiger partial charge in [0.1, 0.15) is 0 Å². The molecule has 0 radical (unpaired) electrons. The molecule has 0 saturated carbocycles. The lowest BCUT2D eigenvalue weighted by atomic mass is 10.1. The largest absolute Gasteiger partial charge is 0.478 e. The van der Waals surface area contributed by atoms with Crippen LogP contribution >= 0.6 is 0 Å². The van der Waals surface area contributed by atoms with Crippen LogP contribution in [-0.2, 0) is 6.54 Å². The third-order valence-electron chi connectivity index (χ3n) is 3.16. The Morgan fingerprint density at radius 1 is 1.32 bits per heavy atom. The quantitative estimate of drug-likeness (QED) is 0.919. The Morgan fingerprint density at radius 3 is 2.53 bits per heavy atom. The van der Waals surface area contributed by atoms with Crippen molar-refractivity contribution in [2.45, 2.75) is 26.4 Å². The van der Waals surface area contributed by atoms with Gasteiger partial charge in [0.25, 0.3) is 0 Å². The highest BCUT2D eigenvalue weighted by Crippen LogP contribution is 2.26. The highest BCUT2D eigenvalue weighted by molar-refractivity contribution is 5.93. The number of carbonyl (C=O) groups is 1. The summed E-state index contributed by atoms with van der Waals surface area (Å²) in [6.07, 6.45) is 0. The molecule has 4 nitrogen and oxygen atoms in total. The molecule has 1 N–H and O–H groups in total. The predicted molar refractivity (Wildman–Crippen MR) is 76.7 cm³/mol. The van der Waals surface area contributed by atoms with Gasteiger partial charge in [-0.1, -0.05) is 6.07 Å². The van der Waals surface area contributed by atoms with Crippen LogP contribution in [0.3, 0.4) is 0 Å². The number of aromatic nitrogens is 1. The van der Waals surface area contributed by atoms with Crippen molar-refractivity contribution in [1.82, 2.24) is 9.47 Å². The van der Waals surface area contributed by atoms with Crippen LogP contribution in [0.1, 0.15) is 35.9 Å². The lowest BCUT2D eigenvalue weighted by Gasteiger charge is -2.17. The molecule has 2 rings (SSSR count). The molecule has 0 aliphatic rings. The van der Waals surface area contributed by atoms with E-state index in [0.717, 1.165) is 17.4 Å². The van der Waals surface area contributed by atoms with Crippen LogP contribution < -0.4 is 0 Å². The molecule has 1 aromatic carbocycles. The molecular formula is C15H20N2O2. The molecule has 1 heterocycles. The highest BCUT2D eigenvalue weighted by Gasteiger charge is 2.14. The Morgan fingerprint density at radius 2 is 2.00 bits per heavy atom. The average Bonchev–Trinajstić information content (AvgIpc) is 2.64. The van der Waals surface area contributed by atoms with Crippen molar-refractivity contribution in [3.05, 3.63) is 35.5 Å². The van der Waals surface area contributed by atoms with E-state index in [1.54, 1.807) is 12.1 Å². The maximum absolute atomic E-state index is 11.1. The molecule has 0 fully saturated rings. The molecule has 0 unspecified atom stereocenters. The summed E-state index contributed by atoms with van der Waals surface area (Å²) in [7, 11) is 4.07. The fraction of sp³-hybridized carbons (Fsp3) is 0.400. The highest BCUT2D eigenvalue weighted by atomic mass is 16.4. The number of hydrogen-bond donors (Lipinski definition) is 1. The molecule has 102 valence electrons. The zero-order chi connectivity index (χ0) is 14.2. The van der Waals surface area contributed by atoms with Crippen LogP contribution in [0.15, 0.2) is 24.3 Å². The van der Waals surface area contributed by atoms with E-state index in [1.807, 2.05) is 20.2 Å². The molecule has 19 heavy (non-hydrogen) atoms. The van der Waals surface area contributed by atoms with Gasteiger partial charge in [-0.25, -0.2) is 4.79 Å². The van der Waals surface area contributed by atoms with Crippen LogP contribution in [0, 0.1) is 0 Å². The van der Waals surface area contributed by atoms with Gasteiger partial charge in [-0.3, -0.25) is 0 Å². The van der Waals surface area contributed by atoms with Crippen molar-refractivity contribution in [3.8, 4) is 0 Å². The topological polar surface area (TPSA) is 45.5 Å². The molecule has 0 bridgehead atoms. The summed E-state index contributed by atoms with van der Waals surface area (Å²) in [4.78, 5) is 13.2. The van der Waals surface area contributed by atoms with Crippen LogP contribution in [0.25, 0.3) is 10.9 Å². The van der Waals surface area contributed by atoms with Gasteiger partial charge < -0.3 is 14.6 Å². The second-order valence-corrected chi connectivity index (χ2v) is 5.42. The number of carboxylic acid groups (broad SMARTS) is 1. The van der Waals surface area contributed by atoms with Gasteiger partial charge in [-0.15, -0.1) is 0 Å². The van der Waals surface area contributed by atoms with E-state index in [2.05, 4.69) is 29.4 Å². The number of carboxylic acids is 1. The second kappa shape index (κ2) is 5.05. The van der Waals surface area contributed by atoms with Gasteiger partial charge in [0.15, 0.2) is 0 Å². The summed E-state index contributed by atoms with van der Waals surface area (Å²) >= 11 is 0. The first-order chi connectivity index (χ1) is 8.90. The van der Waals surface area contributed by atoms with Gasteiger partial charge in [-0.2, -0.15) is 0 Å². The third kappa shape index (κ3) is 2.63. The van der Waals surface area contributed by atoms with Crippen molar-refractivity contribution in [2.24, 2.45) is 0 Å². The summed E-state index contributed by atoms with van der Waals surface area (Å²) in [5.74, 6) is -0.882. The Bertz CT molecular complexity index is 612. The Kier molecular flexibility index (Phi) is 3.62. The van der Waals surface area contributed by atoms with Crippen molar-refractivity contribution >= 4 is 16.9 Å². The minimum atomic E-state index is -0.882. The van der Waals surface area contributed by atoms with Crippen molar-refractivity contribution in [1.29, 1.82) is 0 Å². The van der Waals surface area contributed by atoms with Gasteiger partial charge in [0, 0.05) is 23.8 Å². The van der Waals surface area contributed by atoms with E-state index in [1.165, 1.54) is 5.69 Å². The smallest absolute Gasteiger partial charge is 0.335 e. The Balaban J connectivity index is 2.64. The molecular weight excluding hydrogens is 240 g/mol. The minimum Gasteiger partial charge on any atom is -0.478 e. The average molecular weight is 260 g/mol. The van der Waals surface area contributed by atoms with E-state index < -0.39 is 5.97 Å². The maximum atomic E-state index is 11.1. The van der Waals surface area contributed by atoms with Crippen molar-refractivity contribution < 1.29 is 9.90 Å². The van der Waals surface area contributed by atoms with E-state index in [0.29, 0.717) is 11.6 Å². The van der Waals surface area contributed by atoms with E-state index in [4.69, 9.17) is 5.11 Å². The predicted octanol–water partition coefficient (Wildman–Crippen LogP) is 2.98. The molecule has 0 spiro atoms. The van der Waals surface area contributed by atoms with Gasteiger partial charge in [0.05, 0.1) is 5.56 Å². The first kappa shape index (κ1) is 13.6. The first-order valence-corrected chi connectivity index (χ1v) is 6.42. The number of fused-ring (bicyclic) bond motifs is 1. The first-order valence-electron chi connectivity index (χ1n) is 6.42. The molecule has 2 aromatic rings.